The van der Waals surface area contributed by atoms with Gasteiger partial charge in [-0.05, 0) is 47.2 Å². The summed E-state index contributed by atoms with van der Waals surface area (Å²) in [5.74, 6) is -0.422. The van der Waals surface area contributed by atoms with Crippen LogP contribution in [0.15, 0.2) is 71.7 Å². The normalized spacial score (nSPS) is 19.3. The highest BCUT2D eigenvalue weighted by atomic mass is 32.2. The first kappa shape index (κ1) is 27.0. The fourth-order valence-corrected chi connectivity index (χ4v) is 5.64. The first-order valence-electron chi connectivity index (χ1n) is 12.6. The average Bonchev–Trinajstić information content (AvgIpc) is 3.21. The van der Waals surface area contributed by atoms with Crippen LogP contribution in [0.5, 0.6) is 5.75 Å². The number of carbonyl (C=O) groups is 2. The van der Waals surface area contributed by atoms with Gasteiger partial charge in [0.2, 0.25) is 11.8 Å². The molecule has 0 aromatic heterocycles. The quantitative estimate of drug-likeness (QED) is 0.412. The fraction of sp³-hybridized carbons (Fsp3) is 0.321. The van der Waals surface area contributed by atoms with E-state index in [0.29, 0.717) is 42.8 Å². The maximum Gasteiger partial charge on any atom is 0.387 e. The highest BCUT2D eigenvalue weighted by Crippen LogP contribution is 2.32. The molecule has 3 aromatic carbocycles. The van der Waals surface area contributed by atoms with Crippen LogP contribution >= 0.6 is 11.8 Å². The number of hydrogen-bond donors (Lipinski definition) is 1. The lowest BCUT2D eigenvalue weighted by molar-refractivity contribution is -0.128. The summed E-state index contributed by atoms with van der Waals surface area (Å²) in [5, 5.41) is 4.83. The van der Waals surface area contributed by atoms with Crippen LogP contribution in [0, 0.1) is 0 Å². The molecule has 0 unspecified atom stereocenters. The fourth-order valence-electron chi connectivity index (χ4n) is 4.46. The molecule has 2 fully saturated rings. The molecule has 2 amide bonds. The summed E-state index contributed by atoms with van der Waals surface area (Å²) < 4.78 is 34.8. The van der Waals surface area contributed by atoms with E-state index in [-0.39, 0.29) is 24.0 Å². The number of anilines is 1. The number of thioether (sulfide) groups is 1. The van der Waals surface area contributed by atoms with Gasteiger partial charge in [0.05, 0.1) is 18.9 Å². The van der Waals surface area contributed by atoms with E-state index >= 15 is 0 Å². The first-order valence-corrected chi connectivity index (χ1v) is 13.5. The molecule has 0 spiro atoms. The number of nitrogens with zero attached hydrogens (tertiary/aromatic N) is 3. The summed E-state index contributed by atoms with van der Waals surface area (Å²) in [7, 11) is 0. The SMILES string of the molecule is O=C(C[C@H]1SC(=Nc2ccc(OC(F)F)cc2)N(CCN2CCOCC2)C1=O)Nc1ccc2ccccc2c1. The Morgan fingerprint density at radius 3 is 2.54 bits per heavy atom. The predicted molar refractivity (Wildman–Crippen MR) is 148 cm³/mol. The van der Waals surface area contributed by atoms with Crippen molar-refractivity contribution in [3.05, 3.63) is 66.7 Å². The van der Waals surface area contributed by atoms with E-state index in [2.05, 4.69) is 19.9 Å². The van der Waals surface area contributed by atoms with Gasteiger partial charge in [-0.1, -0.05) is 42.1 Å². The molecule has 0 saturated carbocycles. The van der Waals surface area contributed by atoms with E-state index in [1.165, 1.54) is 23.9 Å². The zero-order valence-corrected chi connectivity index (χ0v) is 21.9. The summed E-state index contributed by atoms with van der Waals surface area (Å²) in [4.78, 5) is 34.8. The minimum absolute atomic E-state index is 0.00936. The number of carbonyl (C=O) groups excluding carboxylic acids is 2. The standard InChI is InChI=1S/C28H28F2N4O4S/c29-27(30)38-23-9-7-21(8-10-23)32-28-34(12-11-33-13-15-37-16-14-33)26(36)24(39-28)18-25(35)31-22-6-5-19-3-1-2-4-20(19)17-22/h1-10,17,24,27H,11-16,18H2,(H,31,35)/t24-/m1/s1. The molecule has 1 N–H and O–H groups in total. The van der Waals surface area contributed by atoms with Gasteiger partial charge in [-0.25, -0.2) is 4.99 Å². The third kappa shape index (κ3) is 7.11. The van der Waals surface area contributed by atoms with Crippen molar-refractivity contribution < 1.29 is 27.8 Å². The monoisotopic (exact) mass is 554 g/mol. The lowest BCUT2D eigenvalue weighted by atomic mass is 10.1. The number of hydrogen-bond acceptors (Lipinski definition) is 7. The number of amides is 2. The summed E-state index contributed by atoms with van der Waals surface area (Å²) in [6.45, 7) is 1.01. The van der Waals surface area contributed by atoms with Crippen LogP contribution in [0.25, 0.3) is 10.8 Å². The number of morpholine rings is 1. The number of aliphatic imine (C=N–C) groups is 1. The molecule has 2 saturated heterocycles. The Morgan fingerprint density at radius 1 is 1.05 bits per heavy atom. The largest absolute Gasteiger partial charge is 0.435 e. The van der Waals surface area contributed by atoms with Crippen molar-refractivity contribution in [3.63, 3.8) is 0 Å². The van der Waals surface area contributed by atoms with Crippen molar-refractivity contribution in [2.45, 2.75) is 18.3 Å². The van der Waals surface area contributed by atoms with Crippen LogP contribution in [-0.4, -0.2) is 78.0 Å². The number of nitrogens with one attached hydrogen (secondary N) is 1. The Morgan fingerprint density at radius 2 is 1.79 bits per heavy atom. The van der Waals surface area contributed by atoms with Crippen LogP contribution < -0.4 is 10.1 Å². The topological polar surface area (TPSA) is 83.5 Å². The Labute approximate surface area is 229 Å². The van der Waals surface area contributed by atoms with Crippen LogP contribution in [0.1, 0.15) is 6.42 Å². The van der Waals surface area contributed by atoms with Gasteiger partial charge in [-0.3, -0.25) is 19.4 Å². The van der Waals surface area contributed by atoms with Crippen molar-refractivity contribution >= 4 is 50.9 Å². The molecular weight excluding hydrogens is 526 g/mol. The van der Waals surface area contributed by atoms with Crippen LogP contribution in [0.4, 0.5) is 20.2 Å². The number of halogens is 2. The molecule has 0 aliphatic carbocycles. The molecular formula is C28H28F2N4O4S. The number of amidine groups is 1. The first-order chi connectivity index (χ1) is 18.9. The number of fused-ring (bicyclic) bond motifs is 1. The van der Waals surface area contributed by atoms with Crippen LogP contribution in [-0.2, 0) is 14.3 Å². The molecule has 39 heavy (non-hydrogen) atoms. The third-order valence-electron chi connectivity index (χ3n) is 6.45. The van der Waals surface area contributed by atoms with Gasteiger partial charge in [0.15, 0.2) is 5.17 Å². The van der Waals surface area contributed by atoms with Crippen molar-refractivity contribution in [2.24, 2.45) is 4.99 Å². The van der Waals surface area contributed by atoms with Gasteiger partial charge >= 0.3 is 6.61 Å². The number of rotatable bonds is 9. The number of benzene rings is 3. The van der Waals surface area contributed by atoms with Gasteiger partial charge in [0, 0.05) is 38.3 Å². The Kier molecular flexibility index (Phi) is 8.70. The minimum atomic E-state index is -2.91. The third-order valence-corrected chi connectivity index (χ3v) is 7.63. The van der Waals surface area contributed by atoms with Gasteiger partial charge in [-0.2, -0.15) is 8.78 Å². The molecule has 204 valence electrons. The van der Waals surface area contributed by atoms with Gasteiger partial charge < -0.3 is 14.8 Å². The van der Waals surface area contributed by atoms with E-state index in [0.717, 1.165) is 23.9 Å². The minimum Gasteiger partial charge on any atom is -0.435 e. The second-order valence-corrected chi connectivity index (χ2v) is 10.3. The molecule has 0 bridgehead atoms. The zero-order chi connectivity index (χ0) is 27.2. The van der Waals surface area contributed by atoms with Gasteiger partial charge in [0.25, 0.3) is 0 Å². The Bertz CT molecular complexity index is 1350. The van der Waals surface area contributed by atoms with Crippen molar-refractivity contribution in [2.75, 3.05) is 44.7 Å². The molecule has 2 heterocycles. The van der Waals surface area contributed by atoms with Crippen molar-refractivity contribution in [1.29, 1.82) is 0 Å². The molecule has 3 aromatic rings. The Balaban J connectivity index is 1.29. The van der Waals surface area contributed by atoms with E-state index in [1.807, 2.05) is 42.5 Å². The molecule has 5 rings (SSSR count). The van der Waals surface area contributed by atoms with Crippen LogP contribution in [0.2, 0.25) is 0 Å². The molecule has 0 radical (unpaired) electrons. The zero-order valence-electron chi connectivity index (χ0n) is 21.1. The summed E-state index contributed by atoms with van der Waals surface area (Å²) in [5.41, 5.74) is 1.16. The van der Waals surface area contributed by atoms with E-state index in [1.54, 1.807) is 17.0 Å². The van der Waals surface area contributed by atoms with Gasteiger partial charge in [-0.15, -0.1) is 0 Å². The second kappa shape index (κ2) is 12.5. The van der Waals surface area contributed by atoms with Crippen molar-refractivity contribution in [3.8, 4) is 5.75 Å². The summed E-state index contributed by atoms with van der Waals surface area (Å²) in [6.07, 6.45) is -0.00936. The highest BCUT2D eigenvalue weighted by Gasteiger charge is 2.39. The van der Waals surface area contributed by atoms with E-state index in [4.69, 9.17) is 4.74 Å². The van der Waals surface area contributed by atoms with E-state index < -0.39 is 11.9 Å². The lowest BCUT2D eigenvalue weighted by Gasteiger charge is -2.28. The molecule has 11 heteroatoms. The molecule has 2 aliphatic rings. The van der Waals surface area contributed by atoms with Crippen molar-refractivity contribution in [1.82, 2.24) is 9.80 Å². The number of ether oxygens (including phenoxy) is 2. The summed E-state index contributed by atoms with van der Waals surface area (Å²) >= 11 is 1.24. The summed E-state index contributed by atoms with van der Waals surface area (Å²) in [6, 6.07) is 19.5. The second-order valence-electron chi connectivity index (χ2n) is 9.13. The average molecular weight is 555 g/mol. The van der Waals surface area contributed by atoms with Crippen LogP contribution in [0.3, 0.4) is 0 Å². The Hall–Kier alpha value is -3.54. The number of alkyl halides is 2. The van der Waals surface area contributed by atoms with Gasteiger partial charge in [0.1, 0.15) is 11.0 Å². The predicted octanol–water partition coefficient (Wildman–Crippen LogP) is 4.73. The maximum absolute atomic E-state index is 13.4. The lowest BCUT2D eigenvalue weighted by Crippen LogP contribution is -2.43. The highest BCUT2D eigenvalue weighted by molar-refractivity contribution is 8.15. The molecule has 8 nitrogen and oxygen atoms in total. The van der Waals surface area contributed by atoms with E-state index in [9.17, 15) is 18.4 Å². The molecule has 1 atom stereocenters. The maximum atomic E-state index is 13.4. The smallest absolute Gasteiger partial charge is 0.387 e. The molecule has 2 aliphatic heterocycles.